The van der Waals surface area contributed by atoms with E-state index in [1.807, 2.05) is 0 Å². The molecule has 0 bridgehead atoms. The number of carboxylic acid groups (broad SMARTS) is 1. The fourth-order valence-corrected chi connectivity index (χ4v) is 3.29. The van der Waals surface area contributed by atoms with Crippen LogP contribution in [0.5, 0.6) is 0 Å². The highest BCUT2D eigenvalue weighted by Crippen LogP contribution is 2.27. The average molecular weight is 294 g/mol. The summed E-state index contributed by atoms with van der Waals surface area (Å²) in [6.07, 6.45) is 11.5. The molecule has 0 aromatic carbocycles. The van der Waals surface area contributed by atoms with E-state index in [0.717, 1.165) is 44.9 Å². The molecule has 21 heavy (non-hydrogen) atoms. The van der Waals surface area contributed by atoms with Crippen LogP contribution in [-0.4, -0.2) is 29.2 Å². The first-order chi connectivity index (χ1) is 10.1. The number of rotatable bonds is 5. The molecular weight excluding hydrogens is 268 g/mol. The van der Waals surface area contributed by atoms with Crippen molar-refractivity contribution in [3.63, 3.8) is 0 Å². The highest BCUT2D eigenvalue weighted by Gasteiger charge is 2.39. The van der Waals surface area contributed by atoms with Crippen molar-refractivity contribution in [2.24, 2.45) is 0 Å². The van der Waals surface area contributed by atoms with Gasteiger partial charge in [0.05, 0.1) is 0 Å². The van der Waals surface area contributed by atoms with Gasteiger partial charge in [0.25, 0.3) is 0 Å². The van der Waals surface area contributed by atoms with Crippen LogP contribution in [0.15, 0.2) is 11.6 Å². The second-order valence-electron chi connectivity index (χ2n) is 6.19. The van der Waals surface area contributed by atoms with Crippen LogP contribution >= 0.6 is 0 Å². The monoisotopic (exact) mass is 294 g/mol. The van der Waals surface area contributed by atoms with Crippen LogP contribution in [0.2, 0.25) is 0 Å². The summed E-state index contributed by atoms with van der Waals surface area (Å²) < 4.78 is 0. The second-order valence-corrected chi connectivity index (χ2v) is 6.19. The molecule has 3 N–H and O–H groups in total. The van der Waals surface area contributed by atoms with Gasteiger partial charge in [-0.3, -0.25) is 0 Å². The molecule has 0 atom stereocenters. The van der Waals surface area contributed by atoms with Gasteiger partial charge in [-0.15, -0.1) is 0 Å². The smallest absolute Gasteiger partial charge is 0.329 e. The van der Waals surface area contributed by atoms with Crippen molar-refractivity contribution in [3.8, 4) is 0 Å². The molecular formula is C16H26N2O3. The molecule has 0 aromatic heterocycles. The molecule has 0 radical (unpaired) electrons. The van der Waals surface area contributed by atoms with Gasteiger partial charge in [-0.2, -0.15) is 0 Å². The van der Waals surface area contributed by atoms with Gasteiger partial charge in [-0.1, -0.05) is 37.3 Å². The van der Waals surface area contributed by atoms with Gasteiger partial charge < -0.3 is 15.7 Å². The molecule has 0 saturated heterocycles. The summed E-state index contributed by atoms with van der Waals surface area (Å²) in [5.41, 5.74) is 0.324. The van der Waals surface area contributed by atoms with Crippen molar-refractivity contribution in [1.29, 1.82) is 0 Å². The normalized spacial score (nSPS) is 21.2. The first-order valence-electron chi connectivity index (χ1n) is 8.10. The number of aliphatic carboxylic acids is 1. The van der Waals surface area contributed by atoms with E-state index in [2.05, 4.69) is 16.7 Å². The van der Waals surface area contributed by atoms with Crippen molar-refractivity contribution in [1.82, 2.24) is 10.6 Å². The minimum absolute atomic E-state index is 0.349. The van der Waals surface area contributed by atoms with Crippen molar-refractivity contribution < 1.29 is 14.7 Å². The predicted molar refractivity (Wildman–Crippen MR) is 81.2 cm³/mol. The molecule has 118 valence electrons. The van der Waals surface area contributed by atoms with E-state index in [1.165, 1.54) is 12.0 Å². The Morgan fingerprint density at radius 3 is 2.43 bits per heavy atom. The summed E-state index contributed by atoms with van der Waals surface area (Å²) in [5.74, 6) is -0.905. The van der Waals surface area contributed by atoms with E-state index in [1.54, 1.807) is 0 Å². The Balaban J connectivity index is 1.81. The van der Waals surface area contributed by atoms with Gasteiger partial charge in [0.15, 0.2) is 0 Å². The summed E-state index contributed by atoms with van der Waals surface area (Å²) in [4.78, 5) is 23.6. The van der Waals surface area contributed by atoms with Gasteiger partial charge in [-0.05, 0) is 38.5 Å². The Kier molecular flexibility index (Phi) is 5.65. The molecule has 0 heterocycles. The van der Waals surface area contributed by atoms with Crippen LogP contribution in [0.25, 0.3) is 0 Å². The van der Waals surface area contributed by atoms with Gasteiger partial charge in [0.2, 0.25) is 0 Å². The molecule has 5 nitrogen and oxygen atoms in total. The SMILES string of the molecule is O=C(NCCC1=CCCC1)NC1(C(=O)O)CCCCCC1. The molecule has 2 amide bonds. The maximum absolute atomic E-state index is 12.0. The van der Waals surface area contributed by atoms with Crippen molar-refractivity contribution >= 4 is 12.0 Å². The summed E-state index contributed by atoms with van der Waals surface area (Å²) in [6, 6.07) is -0.349. The maximum atomic E-state index is 12.0. The topological polar surface area (TPSA) is 78.4 Å². The molecule has 2 rings (SSSR count). The maximum Gasteiger partial charge on any atom is 0.329 e. The molecule has 2 aliphatic carbocycles. The van der Waals surface area contributed by atoms with E-state index in [-0.39, 0.29) is 6.03 Å². The lowest BCUT2D eigenvalue weighted by molar-refractivity contribution is -0.145. The largest absolute Gasteiger partial charge is 0.480 e. The summed E-state index contributed by atoms with van der Waals surface area (Å²) in [6.45, 7) is 0.577. The Labute approximate surface area is 126 Å². The zero-order chi connectivity index (χ0) is 15.1. The third-order valence-corrected chi connectivity index (χ3v) is 4.59. The van der Waals surface area contributed by atoms with E-state index in [0.29, 0.717) is 19.4 Å². The van der Waals surface area contributed by atoms with Crippen LogP contribution in [0.1, 0.15) is 64.2 Å². The van der Waals surface area contributed by atoms with Gasteiger partial charge in [0, 0.05) is 6.54 Å². The predicted octanol–water partition coefficient (Wildman–Crippen LogP) is 2.96. The highest BCUT2D eigenvalue weighted by molar-refractivity contribution is 5.86. The minimum atomic E-state index is -1.08. The summed E-state index contributed by atoms with van der Waals surface area (Å²) in [5, 5.41) is 15.0. The van der Waals surface area contributed by atoms with E-state index in [9.17, 15) is 14.7 Å². The lowest BCUT2D eigenvalue weighted by atomic mass is 9.90. The number of allylic oxidation sites excluding steroid dienone is 1. The van der Waals surface area contributed by atoms with Crippen LogP contribution in [0, 0.1) is 0 Å². The van der Waals surface area contributed by atoms with Crippen LogP contribution in [0.3, 0.4) is 0 Å². The zero-order valence-electron chi connectivity index (χ0n) is 12.6. The Morgan fingerprint density at radius 1 is 1.14 bits per heavy atom. The van der Waals surface area contributed by atoms with Crippen LogP contribution in [-0.2, 0) is 4.79 Å². The summed E-state index contributed by atoms with van der Waals surface area (Å²) >= 11 is 0. The number of hydrogen-bond acceptors (Lipinski definition) is 2. The van der Waals surface area contributed by atoms with Crippen molar-refractivity contribution in [2.45, 2.75) is 69.7 Å². The fraction of sp³-hybridized carbons (Fsp3) is 0.750. The average Bonchev–Trinajstić information content (AvgIpc) is 2.84. The quantitative estimate of drug-likeness (QED) is 0.539. The first kappa shape index (κ1) is 15.9. The van der Waals surface area contributed by atoms with Gasteiger partial charge in [-0.25, -0.2) is 9.59 Å². The Morgan fingerprint density at radius 2 is 1.86 bits per heavy atom. The molecule has 2 aliphatic rings. The minimum Gasteiger partial charge on any atom is -0.480 e. The number of carbonyl (C=O) groups is 2. The fourth-order valence-electron chi connectivity index (χ4n) is 3.29. The number of nitrogens with one attached hydrogen (secondary N) is 2. The van der Waals surface area contributed by atoms with Crippen molar-refractivity contribution in [2.75, 3.05) is 6.54 Å². The van der Waals surface area contributed by atoms with Crippen LogP contribution in [0.4, 0.5) is 4.79 Å². The molecule has 0 aromatic rings. The molecule has 1 saturated carbocycles. The molecule has 1 fully saturated rings. The highest BCUT2D eigenvalue weighted by atomic mass is 16.4. The van der Waals surface area contributed by atoms with Gasteiger partial charge >= 0.3 is 12.0 Å². The molecule has 0 aliphatic heterocycles. The number of hydrogen-bond donors (Lipinski definition) is 3. The standard InChI is InChI=1S/C16H26N2O3/c19-14(20)16(10-5-1-2-6-11-16)18-15(21)17-12-9-13-7-3-4-8-13/h7H,1-6,8-12H2,(H,19,20)(H2,17,18,21). The van der Waals surface area contributed by atoms with Crippen LogP contribution < -0.4 is 10.6 Å². The number of carbonyl (C=O) groups excluding carboxylic acids is 1. The Hall–Kier alpha value is -1.52. The van der Waals surface area contributed by atoms with E-state index >= 15 is 0 Å². The first-order valence-corrected chi connectivity index (χ1v) is 8.10. The zero-order valence-corrected chi connectivity index (χ0v) is 12.6. The third-order valence-electron chi connectivity index (χ3n) is 4.59. The second kappa shape index (κ2) is 7.48. The molecule has 5 heteroatoms. The molecule has 0 unspecified atom stereocenters. The number of urea groups is 1. The van der Waals surface area contributed by atoms with E-state index < -0.39 is 11.5 Å². The number of amides is 2. The third kappa shape index (κ3) is 4.48. The number of carboxylic acids is 1. The lowest BCUT2D eigenvalue weighted by Gasteiger charge is -2.29. The lowest BCUT2D eigenvalue weighted by Crippen LogP contribution is -2.57. The molecule has 0 spiro atoms. The van der Waals surface area contributed by atoms with Gasteiger partial charge in [0.1, 0.15) is 5.54 Å². The Bertz CT molecular complexity index is 410. The summed E-state index contributed by atoms with van der Waals surface area (Å²) in [7, 11) is 0. The van der Waals surface area contributed by atoms with Crippen molar-refractivity contribution in [3.05, 3.63) is 11.6 Å². The van der Waals surface area contributed by atoms with E-state index in [4.69, 9.17) is 0 Å².